The molecule has 1 aliphatic heterocycles. The summed E-state index contributed by atoms with van der Waals surface area (Å²) in [5.74, 6) is 0.0412. The first-order valence-corrected chi connectivity index (χ1v) is 8.28. The molecule has 0 aromatic carbocycles. The molecule has 0 amide bonds. The number of hydrogen-bond acceptors (Lipinski definition) is 4. The molecule has 0 saturated carbocycles. The molecular formula is C12H27ClN2O3S. The largest absolute Gasteiger partial charge is 0.378 e. The minimum absolute atomic E-state index is 0. The van der Waals surface area contributed by atoms with Crippen molar-refractivity contribution in [2.45, 2.75) is 39.7 Å². The molecule has 19 heavy (non-hydrogen) atoms. The zero-order valence-corrected chi connectivity index (χ0v) is 13.7. The molecule has 5 nitrogen and oxygen atoms in total. The van der Waals surface area contributed by atoms with E-state index in [1.807, 2.05) is 13.8 Å². The average molecular weight is 315 g/mol. The van der Waals surface area contributed by atoms with Gasteiger partial charge in [0.1, 0.15) is 0 Å². The molecule has 1 saturated heterocycles. The Morgan fingerprint density at radius 2 is 1.89 bits per heavy atom. The van der Waals surface area contributed by atoms with Crippen molar-refractivity contribution in [2.75, 3.05) is 32.0 Å². The summed E-state index contributed by atoms with van der Waals surface area (Å²) >= 11 is 0. The molecule has 0 unspecified atom stereocenters. The summed E-state index contributed by atoms with van der Waals surface area (Å²) in [5, 5.41) is 3.29. The van der Waals surface area contributed by atoms with Gasteiger partial charge in [0.2, 0.25) is 10.0 Å². The molecule has 0 spiro atoms. The van der Waals surface area contributed by atoms with Crippen LogP contribution in [0.3, 0.4) is 0 Å². The van der Waals surface area contributed by atoms with E-state index in [1.165, 1.54) is 0 Å². The van der Waals surface area contributed by atoms with Crippen LogP contribution in [-0.2, 0) is 14.8 Å². The average Bonchev–Trinajstić information content (AvgIpc) is 2.27. The first-order chi connectivity index (χ1) is 8.33. The molecular weight excluding hydrogens is 288 g/mol. The Morgan fingerprint density at radius 3 is 2.42 bits per heavy atom. The molecule has 116 valence electrons. The minimum Gasteiger partial charge on any atom is -0.378 e. The third kappa shape index (κ3) is 8.09. The Bertz CT molecular complexity index is 341. The number of hydrogen-bond donors (Lipinski definition) is 2. The summed E-state index contributed by atoms with van der Waals surface area (Å²) < 4.78 is 31.6. The number of ether oxygens (including phenoxy) is 1. The molecule has 0 atom stereocenters. The van der Waals surface area contributed by atoms with Gasteiger partial charge in [-0.2, -0.15) is 0 Å². The standard InChI is InChI=1S/C12H26N2O3S.ClH/c1-11(2)17-8-9-18(15,16)14-10-12(3)4-6-13-7-5-12;/h11,13-14H,4-10H2,1-3H3;1H. The summed E-state index contributed by atoms with van der Waals surface area (Å²) in [5.41, 5.74) is 0.0806. The van der Waals surface area contributed by atoms with E-state index in [-0.39, 0.29) is 36.3 Å². The van der Waals surface area contributed by atoms with Crippen molar-refractivity contribution in [3.05, 3.63) is 0 Å². The molecule has 1 fully saturated rings. The maximum absolute atomic E-state index is 11.8. The van der Waals surface area contributed by atoms with Crippen LogP contribution in [-0.4, -0.2) is 46.5 Å². The zero-order chi connectivity index (χ0) is 13.6. The smallest absolute Gasteiger partial charge is 0.213 e. The molecule has 2 N–H and O–H groups in total. The fourth-order valence-corrected chi connectivity index (χ4v) is 2.99. The Morgan fingerprint density at radius 1 is 1.32 bits per heavy atom. The highest BCUT2D eigenvalue weighted by Gasteiger charge is 2.28. The van der Waals surface area contributed by atoms with Gasteiger partial charge in [-0.3, -0.25) is 0 Å². The Hall–Kier alpha value is 0.120. The van der Waals surface area contributed by atoms with Crippen molar-refractivity contribution in [3.63, 3.8) is 0 Å². The molecule has 0 aromatic heterocycles. The SMILES string of the molecule is CC(C)OCCS(=O)(=O)NCC1(C)CCNCC1.Cl. The predicted octanol–water partition coefficient (Wildman–Crippen LogP) is 1.14. The van der Waals surface area contributed by atoms with Crippen molar-refractivity contribution in [1.29, 1.82) is 0 Å². The lowest BCUT2D eigenvalue weighted by molar-refractivity contribution is 0.0911. The van der Waals surface area contributed by atoms with E-state index in [2.05, 4.69) is 17.0 Å². The monoisotopic (exact) mass is 314 g/mol. The van der Waals surface area contributed by atoms with Gasteiger partial charge in [-0.1, -0.05) is 6.92 Å². The van der Waals surface area contributed by atoms with E-state index in [1.54, 1.807) is 0 Å². The lowest BCUT2D eigenvalue weighted by Crippen LogP contribution is -2.43. The van der Waals surface area contributed by atoms with Crippen molar-refractivity contribution < 1.29 is 13.2 Å². The molecule has 0 radical (unpaired) electrons. The van der Waals surface area contributed by atoms with Gasteiger partial charge in [-0.05, 0) is 45.2 Å². The van der Waals surface area contributed by atoms with Crippen molar-refractivity contribution >= 4 is 22.4 Å². The number of rotatable bonds is 7. The fourth-order valence-electron chi connectivity index (χ4n) is 1.96. The second kappa shape index (κ2) is 8.42. The van der Waals surface area contributed by atoms with Crippen LogP contribution < -0.4 is 10.0 Å². The Balaban J connectivity index is 0.00000324. The van der Waals surface area contributed by atoms with Crippen LogP contribution in [0.5, 0.6) is 0 Å². The lowest BCUT2D eigenvalue weighted by atomic mass is 9.81. The van der Waals surface area contributed by atoms with Gasteiger partial charge in [0.05, 0.1) is 18.5 Å². The van der Waals surface area contributed by atoms with E-state index in [0.29, 0.717) is 6.54 Å². The van der Waals surface area contributed by atoms with Gasteiger partial charge >= 0.3 is 0 Å². The number of sulfonamides is 1. The van der Waals surface area contributed by atoms with Gasteiger partial charge in [0.25, 0.3) is 0 Å². The normalized spacial score (nSPS) is 19.2. The van der Waals surface area contributed by atoms with Gasteiger partial charge in [-0.25, -0.2) is 13.1 Å². The van der Waals surface area contributed by atoms with Crippen LogP contribution in [0, 0.1) is 5.41 Å². The van der Waals surface area contributed by atoms with Crippen LogP contribution in [0.15, 0.2) is 0 Å². The zero-order valence-electron chi connectivity index (χ0n) is 12.1. The summed E-state index contributed by atoms with van der Waals surface area (Å²) in [6.07, 6.45) is 2.10. The first kappa shape index (κ1) is 19.1. The van der Waals surface area contributed by atoms with Gasteiger partial charge in [0.15, 0.2) is 0 Å². The number of nitrogens with one attached hydrogen (secondary N) is 2. The third-order valence-corrected chi connectivity index (χ3v) is 4.62. The van der Waals surface area contributed by atoms with Gasteiger partial charge in [-0.15, -0.1) is 12.4 Å². The van der Waals surface area contributed by atoms with Crippen LogP contribution in [0.1, 0.15) is 33.6 Å². The van der Waals surface area contributed by atoms with Crippen LogP contribution in [0.4, 0.5) is 0 Å². The van der Waals surface area contributed by atoms with E-state index < -0.39 is 10.0 Å². The maximum Gasteiger partial charge on any atom is 0.213 e. The highest BCUT2D eigenvalue weighted by atomic mass is 35.5. The molecule has 1 aliphatic rings. The second-order valence-corrected chi connectivity index (χ2v) is 7.55. The molecule has 0 aromatic rings. The van der Waals surface area contributed by atoms with Crippen LogP contribution in [0.25, 0.3) is 0 Å². The number of halogens is 1. The molecule has 0 aliphatic carbocycles. The Kier molecular flexibility index (Phi) is 8.47. The third-order valence-electron chi connectivity index (χ3n) is 3.33. The highest BCUT2D eigenvalue weighted by molar-refractivity contribution is 7.89. The van der Waals surface area contributed by atoms with Crippen molar-refractivity contribution in [1.82, 2.24) is 10.0 Å². The quantitative estimate of drug-likeness (QED) is 0.739. The fraction of sp³-hybridized carbons (Fsp3) is 1.00. The number of piperidine rings is 1. The van der Waals surface area contributed by atoms with Crippen LogP contribution in [0.2, 0.25) is 0 Å². The summed E-state index contributed by atoms with van der Waals surface area (Å²) in [6, 6.07) is 0. The van der Waals surface area contributed by atoms with Crippen molar-refractivity contribution in [3.8, 4) is 0 Å². The summed E-state index contributed by atoms with van der Waals surface area (Å²) in [6.45, 7) is 8.65. The lowest BCUT2D eigenvalue weighted by Gasteiger charge is -2.34. The van der Waals surface area contributed by atoms with E-state index in [9.17, 15) is 8.42 Å². The first-order valence-electron chi connectivity index (χ1n) is 6.63. The molecule has 0 bridgehead atoms. The molecule has 1 heterocycles. The predicted molar refractivity (Wildman–Crippen MR) is 80.3 cm³/mol. The van der Waals surface area contributed by atoms with E-state index in [4.69, 9.17) is 4.74 Å². The van der Waals surface area contributed by atoms with Gasteiger partial charge in [0, 0.05) is 6.54 Å². The maximum atomic E-state index is 11.8. The topological polar surface area (TPSA) is 67.4 Å². The van der Waals surface area contributed by atoms with Crippen molar-refractivity contribution in [2.24, 2.45) is 5.41 Å². The molecule has 1 rings (SSSR count). The highest BCUT2D eigenvalue weighted by Crippen LogP contribution is 2.26. The minimum atomic E-state index is -3.21. The Labute approximate surface area is 123 Å². The summed E-state index contributed by atoms with van der Waals surface area (Å²) in [7, 11) is -3.21. The van der Waals surface area contributed by atoms with Crippen LogP contribution >= 0.6 is 12.4 Å². The second-order valence-electron chi connectivity index (χ2n) is 5.62. The van der Waals surface area contributed by atoms with Gasteiger partial charge < -0.3 is 10.1 Å². The summed E-state index contributed by atoms with van der Waals surface area (Å²) in [4.78, 5) is 0. The van der Waals surface area contributed by atoms with E-state index in [0.717, 1.165) is 25.9 Å². The molecule has 7 heteroatoms. The van der Waals surface area contributed by atoms with E-state index >= 15 is 0 Å².